The van der Waals surface area contributed by atoms with Gasteiger partial charge in [0.15, 0.2) is 0 Å². The Morgan fingerprint density at radius 1 is 1.27 bits per heavy atom. The molecule has 0 saturated carbocycles. The van der Waals surface area contributed by atoms with E-state index >= 15 is 0 Å². The number of hydrogen-bond donors (Lipinski definition) is 1. The summed E-state index contributed by atoms with van der Waals surface area (Å²) in [6.07, 6.45) is 3.56. The minimum atomic E-state index is 0.688. The SMILES string of the molecule is CCC(CCCN)c1cccc(C)c1C. The van der Waals surface area contributed by atoms with Gasteiger partial charge in [-0.1, -0.05) is 25.1 Å². The largest absolute Gasteiger partial charge is 0.330 e. The van der Waals surface area contributed by atoms with Gasteiger partial charge in [0.05, 0.1) is 0 Å². The highest BCUT2D eigenvalue weighted by molar-refractivity contribution is 5.35. The van der Waals surface area contributed by atoms with E-state index in [4.69, 9.17) is 5.73 Å². The predicted octanol–water partition coefficient (Wildman–Crippen LogP) is 3.54. The fourth-order valence-electron chi connectivity index (χ4n) is 2.16. The molecule has 0 spiro atoms. The van der Waals surface area contributed by atoms with Crippen LogP contribution in [0.15, 0.2) is 18.2 Å². The van der Waals surface area contributed by atoms with Crippen LogP contribution < -0.4 is 5.73 Å². The molecule has 0 aliphatic carbocycles. The van der Waals surface area contributed by atoms with Gasteiger partial charge in [0, 0.05) is 0 Å². The fourth-order valence-corrected chi connectivity index (χ4v) is 2.16. The number of nitrogens with two attached hydrogens (primary N) is 1. The van der Waals surface area contributed by atoms with Crippen molar-refractivity contribution in [2.75, 3.05) is 6.54 Å². The Labute approximate surface area is 93.7 Å². The predicted molar refractivity (Wildman–Crippen MR) is 67.2 cm³/mol. The van der Waals surface area contributed by atoms with Crippen molar-refractivity contribution < 1.29 is 0 Å². The number of aryl methyl sites for hydroxylation is 1. The first-order valence-electron chi connectivity index (χ1n) is 5.96. The molecule has 1 heteroatoms. The Morgan fingerprint density at radius 2 is 2.00 bits per heavy atom. The first kappa shape index (κ1) is 12.3. The summed E-state index contributed by atoms with van der Waals surface area (Å²) in [5, 5.41) is 0. The topological polar surface area (TPSA) is 26.0 Å². The molecular weight excluding hydrogens is 182 g/mol. The minimum absolute atomic E-state index is 0.688. The molecule has 0 heterocycles. The Balaban J connectivity index is 2.86. The van der Waals surface area contributed by atoms with Gasteiger partial charge in [-0.05, 0) is 62.3 Å². The van der Waals surface area contributed by atoms with Crippen LogP contribution in [0.4, 0.5) is 0 Å². The molecule has 15 heavy (non-hydrogen) atoms. The van der Waals surface area contributed by atoms with Gasteiger partial charge in [-0.2, -0.15) is 0 Å². The Kier molecular flexibility index (Phi) is 4.83. The van der Waals surface area contributed by atoms with E-state index < -0.39 is 0 Å². The third kappa shape index (κ3) is 3.07. The van der Waals surface area contributed by atoms with E-state index in [0.717, 1.165) is 13.0 Å². The average molecular weight is 205 g/mol. The van der Waals surface area contributed by atoms with Crippen LogP contribution in [0.25, 0.3) is 0 Å². The molecule has 84 valence electrons. The lowest BCUT2D eigenvalue weighted by Crippen LogP contribution is -2.05. The highest BCUT2D eigenvalue weighted by Crippen LogP contribution is 2.28. The molecule has 0 aromatic heterocycles. The van der Waals surface area contributed by atoms with Crippen molar-refractivity contribution in [3.05, 3.63) is 34.9 Å². The third-order valence-electron chi connectivity index (χ3n) is 3.34. The maximum absolute atomic E-state index is 5.58. The maximum Gasteiger partial charge on any atom is -0.00771 e. The first-order valence-corrected chi connectivity index (χ1v) is 5.96. The van der Waals surface area contributed by atoms with Crippen LogP contribution in [0.3, 0.4) is 0 Å². The summed E-state index contributed by atoms with van der Waals surface area (Å²) in [4.78, 5) is 0. The molecule has 0 amide bonds. The van der Waals surface area contributed by atoms with Crippen LogP contribution in [-0.2, 0) is 0 Å². The second-order valence-electron chi connectivity index (χ2n) is 4.33. The van der Waals surface area contributed by atoms with Crippen molar-refractivity contribution >= 4 is 0 Å². The van der Waals surface area contributed by atoms with Crippen LogP contribution in [0.2, 0.25) is 0 Å². The van der Waals surface area contributed by atoms with Gasteiger partial charge in [0.2, 0.25) is 0 Å². The molecular formula is C14H23N. The van der Waals surface area contributed by atoms with Crippen molar-refractivity contribution in [2.24, 2.45) is 5.73 Å². The summed E-state index contributed by atoms with van der Waals surface area (Å²) in [6, 6.07) is 6.63. The summed E-state index contributed by atoms with van der Waals surface area (Å²) >= 11 is 0. The van der Waals surface area contributed by atoms with E-state index in [2.05, 4.69) is 39.0 Å². The summed E-state index contributed by atoms with van der Waals surface area (Å²) in [5.41, 5.74) is 9.96. The van der Waals surface area contributed by atoms with Crippen molar-refractivity contribution in [2.45, 2.75) is 46.0 Å². The van der Waals surface area contributed by atoms with Gasteiger partial charge in [-0.3, -0.25) is 0 Å². The van der Waals surface area contributed by atoms with Crippen molar-refractivity contribution in [1.29, 1.82) is 0 Å². The van der Waals surface area contributed by atoms with Crippen LogP contribution >= 0.6 is 0 Å². The Hall–Kier alpha value is -0.820. The van der Waals surface area contributed by atoms with Gasteiger partial charge in [0.25, 0.3) is 0 Å². The molecule has 0 aliphatic heterocycles. The number of hydrogen-bond acceptors (Lipinski definition) is 1. The minimum Gasteiger partial charge on any atom is -0.330 e. The summed E-state index contributed by atoms with van der Waals surface area (Å²) in [5.74, 6) is 0.688. The van der Waals surface area contributed by atoms with E-state index in [9.17, 15) is 0 Å². The maximum atomic E-state index is 5.58. The van der Waals surface area contributed by atoms with Gasteiger partial charge in [-0.15, -0.1) is 0 Å². The van der Waals surface area contributed by atoms with E-state index in [0.29, 0.717) is 5.92 Å². The van der Waals surface area contributed by atoms with Crippen LogP contribution in [0.5, 0.6) is 0 Å². The normalized spacial score (nSPS) is 12.8. The monoisotopic (exact) mass is 205 g/mol. The lowest BCUT2D eigenvalue weighted by molar-refractivity contribution is 0.578. The summed E-state index contributed by atoms with van der Waals surface area (Å²) in [7, 11) is 0. The fraction of sp³-hybridized carbons (Fsp3) is 0.571. The summed E-state index contributed by atoms with van der Waals surface area (Å²) < 4.78 is 0. The molecule has 0 fully saturated rings. The molecule has 1 unspecified atom stereocenters. The highest BCUT2D eigenvalue weighted by atomic mass is 14.5. The second kappa shape index (κ2) is 5.92. The van der Waals surface area contributed by atoms with Crippen LogP contribution in [-0.4, -0.2) is 6.54 Å². The zero-order valence-corrected chi connectivity index (χ0v) is 10.2. The van der Waals surface area contributed by atoms with Crippen LogP contribution in [0.1, 0.15) is 48.8 Å². The highest BCUT2D eigenvalue weighted by Gasteiger charge is 2.11. The van der Waals surface area contributed by atoms with E-state index in [-0.39, 0.29) is 0 Å². The molecule has 1 nitrogen and oxygen atoms in total. The third-order valence-corrected chi connectivity index (χ3v) is 3.34. The molecule has 1 aromatic rings. The second-order valence-corrected chi connectivity index (χ2v) is 4.33. The first-order chi connectivity index (χ1) is 7.20. The molecule has 1 aromatic carbocycles. The van der Waals surface area contributed by atoms with Crippen molar-refractivity contribution in [1.82, 2.24) is 0 Å². The zero-order valence-electron chi connectivity index (χ0n) is 10.2. The standard InChI is InChI=1S/C14H23N/c1-4-13(8-6-10-15)14-9-5-7-11(2)12(14)3/h5,7,9,13H,4,6,8,10,15H2,1-3H3. The Morgan fingerprint density at radius 3 is 2.60 bits per heavy atom. The average Bonchev–Trinajstić information content (AvgIpc) is 2.25. The van der Waals surface area contributed by atoms with E-state index in [1.165, 1.54) is 29.5 Å². The van der Waals surface area contributed by atoms with Gasteiger partial charge >= 0.3 is 0 Å². The molecule has 0 radical (unpaired) electrons. The van der Waals surface area contributed by atoms with E-state index in [1.807, 2.05) is 0 Å². The number of benzene rings is 1. The lowest BCUT2D eigenvalue weighted by Gasteiger charge is -2.18. The van der Waals surface area contributed by atoms with Crippen LogP contribution in [0, 0.1) is 13.8 Å². The van der Waals surface area contributed by atoms with E-state index in [1.54, 1.807) is 0 Å². The zero-order chi connectivity index (χ0) is 11.3. The molecule has 0 aliphatic rings. The molecule has 1 atom stereocenters. The van der Waals surface area contributed by atoms with Crippen molar-refractivity contribution in [3.63, 3.8) is 0 Å². The van der Waals surface area contributed by atoms with Gasteiger partial charge in [0.1, 0.15) is 0 Å². The molecule has 1 rings (SSSR count). The van der Waals surface area contributed by atoms with Gasteiger partial charge < -0.3 is 5.73 Å². The van der Waals surface area contributed by atoms with Gasteiger partial charge in [-0.25, -0.2) is 0 Å². The summed E-state index contributed by atoms with van der Waals surface area (Å²) in [6.45, 7) is 7.49. The molecule has 2 N–H and O–H groups in total. The molecule has 0 bridgehead atoms. The smallest absolute Gasteiger partial charge is 0.00771 e. The lowest BCUT2D eigenvalue weighted by atomic mass is 9.87. The number of rotatable bonds is 5. The molecule has 0 saturated heterocycles. The quantitative estimate of drug-likeness (QED) is 0.781. The Bertz CT molecular complexity index is 304. The van der Waals surface area contributed by atoms with Crippen molar-refractivity contribution in [3.8, 4) is 0 Å².